The molecule has 106 valence electrons. The number of ether oxygens (including phenoxy) is 1. The number of rotatable bonds is 6. The molecule has 0 spiro atoms. The van der Waals surface area contributed by atoms with E-state index in [9.17, 15) is 4.79 Å². The zero-order valence-corrected chi connectivity index (χ0v) is 11.8. The Bertz CT molecular complexity index is 613. The minimum Gasteiger partial charge on any atom is -0.497 e. The van der Waals surface area contributed by atoms with Gasteiger partial charge in [-0.25, -0.2) is 0 Å². The van der Waals surface area contributed by atoms with Crippen LogP contribution in [-0.4, -0.2) is 19.6 Å². The van der Waals surface area contributed by atoms with Crippen molar-refractivity contribution >= 4 is 23.0 Å². The van der Waals surface area contributed by atoms with E-state index in [0.29, 0.717) is 12.3 Å². The number of furan rings is 1. The van der Waals surface area contributed by atoms with Gasteiger partial charge >= 0.3 is 0 Å². The summed E-state index contributed by atoms with van der Waals surface area (Å²) in [5.41, 5.74) is 0.775. The molecule has 2 aromatic rings. The second kappa shape index (κ2) is 6.80. The van der Waals surface area contributed by atoms with Gasteiger partial charge in [-0.05, 0) is 36.8 Å². The minimum absolute atomic E-state index is 0.100. The van der Waals surface area contributed by atoms with Crippen LogP contribution in [0.4, 0.5) is 0 Å². The minimum atomic E-state index is -0.100. The van der Waals surface area contributed by atoms with Gasteiger partial charge < -0.3 is 14.5 Å². The summed E-state index contributed by atoms with van der Waals surface area (Å²) in [5.74, 6) is 1.33. The first-order chi connectivity index (χ1) is 9.72. The lowest BCUT2D eigenvalue weighted by atomic mass is 10.2. The lowest BCUT2D eigenvalue weighted by molar-refractivity contribution is -0.116. The highest BCUT2D eigenvalue weighted by atomic mass is 16.5. The lowest BCUT2D eigenvalue weighted by Crippen LogP contribution is -2.21. The largest absolute Gasteiger partial charge is 0.497 e. The van der Waals surface area contributed by atoms with Crippen LogP contribution in [0.3, 0.4) is 0 Å². The lowest BCUT2D eigenvalue weighted by Gasteiger charge is -1.98. The van der Waals surface area contributed by atoms with E-state index in [2.05, 4.69) is 12.2 Å². The third-order valence-electron chi connectivity index (χ3n) is 2.97. The Morgan fingerprint density at radius 2 is 2.25 bits per heavy atom. The molecule has 2 rings (SSSR count). The summed E-state index contributed by atoms with van der Waals surface area (Å²) in [5, 5.41) is 3.77. The molecule has 0 bridgehead atoms. The molecule has 20 heavy (non-hydrogen) atoms. The molecular formula is C16H19NO3. The van der Waals surface area contributed by atoms with Crippen molar-refractivity contribution in [3.63, 3.8) is 0 Å². The molecule has 1 N–H and O–H groups in total. The number of hydrogen-bond donors (Lipinski definition) is 1. The van der Waals surface area contributed by atoms with Crippen molar-refractivity contribution in [3.05, 3.63) is 36.1 Å². The fraction of sp³-hybridized carbons (Fsp3) is 0.312. The highest BCUT2D eigenvalue weighted by Gasteiger charge is 2.03. The first-order valence-corrected chi connectivity index (χ1v) is 6.76. The van der Waals surface area contributed by atoms with Gasteiger partial charge in [0.25, 0.3) is 0 Å². The molecule has 0 aliphatic rings. The number of amides is 1. The summed E-state index contributed by atoms with van der Waals surface area (Å²) in [6.07, 6.45) is 5.22. The van der Waals surface area contributed by atoms with Gasteiger partial charge in [0.15, 0.2) is 0 Å². The first-order valence-electron chi connectivity index (χ1n) is 6.76. The van der Waals surface area contributed by atoms with Crippen molar-refractivity contribution in [2.45, 2.75) is 19.8 Å². The molecule has 0 atom stereocenters. The number of fused-ring (bicyclic) bond motifs is 1. The SMILES string of the molecule is CCCCNC(=O)C=Cc1cc2cc(OC)ccc2o1. The van der Waals surface area contributed by atoms with E-state index >= 15 is 0 Å². The number of nitrogens with one attached hydrogen (secondary N) is 1. The zero-order chi connectivity index (χ0) is 14.4. The molecule has 0 aliphatic heterocycles. The first kappa shape index (κ1) is 14.2. The predicted molar refractivity (Wildman–Crippen MR) is 79.7 cm³/mol. The number of carbonyl (C=O) groups excluding carboxylic acids is 1. The standard InChI is InChI=1S/C16H19NO3/c1-3-4-9-17-16(18)8-6-14-11-12-10-13(19-2)5-7-15(12)20-14/h5-8,10-11H,3-4,9H2,1-2H3,(H,17,18). The molecule has 4 heteroatoms. The predicted octanol–water partition coefficient (Wildman–Crippen LogP) is 3.37. The van der Waals surface area contributed by atoms with Crippen LogP contribution < -0.4 is 10.1 Å². The Morgan fingerprint density at radius 1 is 1.40 bits per heavy atom. The number of carbonyl (C=O) groups is 1. The third-order valence-corrected chi connectivity index (χ3v) is 2.97. The molecule has 0 saturated heterocycles. The van der Waals surface area contributed by atoms with Crippen LogP contribution in [0.25, 0.3) is 17.0 Å². The monoisotopic (exact) mass is 273 g/mol. The molecule has 0 fully saturated rings. The molecule has 1 heterocycles. The van der Waals surface area contributed by atoms with Crippen molar-refractivity contribution < 1.29 is 13.9 Å². The van der Waals surface area contributed by atoms with Crippen LogP contribution >= 0.6 is 0 Å². The number of hydrogen-bond acceptors (Lipinski definition) is 3. The fourth-order valence-electron chi connectivity index (χ4n) is 1.86. The second-order valence-electron chi connectivity index (χ2n) is 4.53. The average molecular weight is 273 g/mol. The van der Waals surface area contributed by atoms with E-state index in [1.54, 1.807) is 13.2 Å². The van der Waals surface area contributed by atoms with Gasteiger partial charge in [-0.3, -0.25) is 4.79 Å². The second-order valence-corrected chi connectivity index (χ2v) is 4.53. The molecule has 0 unspecified atom stereocenters. The highest BCUT2D eigenvalue weighted by molar-refractivity contribution is 5.92. The van der Waals surface area contributed by atoms with Crippen molar-refractivity contribution in [1.82, 2.24) is 5.32 Å². The third kappa shape index (κ3) is 3.63. The Hall–Kier alpha value is -2.23. The van der Waals surface area contributed by atoms with Crippen LogP contribution in [0.2, 0.25) is 0 Å². The number of unbranched alkanes of at least 4 members (excludes halogenated alkanes) is 1. The maximum Gasteiger partial charge on any atom is 0.244 e. The van der Waals surface area contributed by atoms with E-state index in [-0.39, 0.29) is 5.91 Å². The number of benzene rings is 1. The van der Waals surface area contributed by atoms with Crippen molar-refractivity contribution in [2.75, 3.05) is 13.7 Å². The normalized spacial score (nSPS) is 11.1. The molecule has 1 aromatic heterocycles. The summed E-state index contributed by atoms with van der Waals surface area (Å²) >= 11 is 0. The maximum atomic E-state index is 11.5. The van der Waals surface area contributed by atoms with Crippen LogP contribution in [0, 0.1) is 0 Å². The Balaban J connectivity index is 2.04. The molecular weight excluding hydrogens is 254 g/mol. The van der Waals surface area contributed by atoms with E-state index in [1.807, 2.05) is 24.3 Å². The topological polar surface area (TPSA) is 51.5 Å². The quantitative estimate of drug-likeness (QED) is 0.648. The highest BCUT2D eigenvalue weighted by Crippen LogP contribution is 2.24. The summed E-state index contributed by atoms with van der Waals surface area (Å²) < 4.78 is 10.8. The van der Waals surface area contributed by atoms with Crippen LogP contribution in [0.5, 0.6) is 5.75 Å². The summed E-state index contributed by atoms with van der Waals surface area (Å²) in [6, 6.07) is 7.48. The number of methoxy groups -OCH3 is 1. The Labute approximate surface area is 118 Å². The summed E-state index contributed by atoms with van der Waals surface area (Å²) in [7, 11) is 1.63. The average Bonchev–Trinajstić information content (AvgIpc) is 2.87. The Kier molecular flexibility index (Phi) is 4.82. The van der Waals surface area contributed by atoms with Crippen molar-refractivity contribution in [1.29, 1.82) is 0 Å². The summed E-state index contributed by atoms with van der Waals surface area (Å²) in [4.78, 5) is 11.5. The molecule has 1 aromatic carbocycles. The Morgan fingerprint density at radius 3 is 3.00 bits per heavy atom. The van der Waals surface area contributed by atoms with Gasteiger partial charge in [-0.1, -0.05) is 13.3 Å². The van der Waals surface area contributed by atoms with Gasteiger partial charge in [0.1, 0.15) is 17.1 Å². The zero-order valence-electron chi connectivity index (χ0n) is 11.8. The molecule has 0 aliphatic carbocycles. The van der Waals surface area contributed by atoms with Crippen LogP contribution in [0.15, 0.2) is 34.8 Å². The molecule has 4 nitrogen and oxygen atoms in total. The summed E-state index contributed by atoms with van der Waals surface area (Å²) in [6.45, 7) is 2.79. The van der Waals surface area contributed by atoms with E-state index < -0.39 is 0 Å². The molecule has 0 saturated carbocycles. The van der Waals surface area contributed by atoms with Gasteiger partial charge in [-0.15, -0.1) is 0 Å². The smallest absolute Gasteiger partial charge is 0.244 e. The molecule has 0 radical (unpaired) electrons. The van der Waals surface area contributed by atoms with Gasteiger partial charge in [-0.2, -0.15) is 0 Å². The van der Waals surface area contributed by atoms with Crippen LogP contribution in [0.1, 0.15) is 25.5 Å². The fourth-order valence-corrected chi connectivity index (χ4v) is 1.86. The van der Waals surface area contributed by atoms with Crippen LogP contribution in [-0.2, 0) is 4.79 Å². The van der Waals surface area contributed by atoms with E-state index in [0.717, 1.165) is 29.6 Å². The van der Waals surface area contributed by atoms with Crippen molar-refractivity contribution in [3.8, 4) is 5.75 Å². The van der Waals surface area contributed by atoms with Gasteiger partial charge in [0.05, 0.1) is 7.11 Å². The van der Waals surface area contributed by atoms with Gasteiger partial charge in [0, 0.05) is 18.0 Å². The van der Waals surface area contributed by atoms with Crippen molar-refractivity contribution in [2.24, 2.45) is 0 Å². The maximum absolute atomic E-state index is 11.5. The van der Waals surface area contributed by atoms with E-state index in [4.69, 9.17) is 9.15 Å². The van der Waals surface area contributed by atoms with Gasteiger partial charge in [0.2, 0.25) is 5.91 Å². The molecule has 1 amide bonds. The van der Waals surface area contributed by atoms with E-state index in [1.165, 1.54) is 6.08 Å².